The van der Waals surface area contributed by atoms with E-state index in [0.717, 1.165) is 0 Å². The van der Waals surface area contributed by atoms with Gasteiger partial charge < -0.3 is 4.74 Å². The summed E-state index contributed by atoms with van der Waals surface area (Å²) in [5, 5.41) is 0. The summed E-state index contributed by atoms with van der Waals surface area (Å²) in [5.41, 5.74) is 0. The molecular weight excluding hydrogens is 148 g/mol. The Bertz CT molecular complexity index is 209. The topological polar surface area (TPSA) is 9.23 Å². The zero-order valence-electron chi connectivity index (χ0n) is 7.31. The van der Waals surface area contributed by atoms with Gasteiger partial charge in [-0.25, -0.2) is 0 Å². The Hall–Kier alpha value is -1.08. The van der Waals surface area contributed by atoms with Crippen LogP contribution in [0, 0.1) is 5.92 Å². The van der Waals surface area contributed by atoms with E-state index in [9.17, 15) is 0 Å². The minimum atomic E-state index is 0.484. The SMILES string of the molecule is COC/C=C/C=C/C1C=CC=C1. The van der Waals surface area contributed by atoms with Crippen LogP contribution in [0.3, 0.4) is 0 Å². The van der Waals surface area contributed by atoms with Crippen LogP contribution in [0.4, 0.5) is 0 Å². The number of allylic oxidation sites excluding steroid dienone is 7. The minimum absolute atomic E-state index is 0.484. The molecule has 0 aromatic heterocycles. The predicted molar refractivity (Wildman–Crippen MR) is 51.9 cm³/mol. The Morgan fingerprint density at radius 1 is 1.25 bits per heavy atom. The Morgan fingerprint density at radius 3 is 2.67 bits per heavy atom. The third-order valence-electron chi connectivity index (χ3n) is 1.62. The molecule has 64 valence electrons. The number of hydrogen-bond donors (Lipinski definition) is 0. The first-order valence-corrected chi connectivity index (χ1v) is 4.11. The smallest absolute Gasteiger partial charge is 0.0646 e. The molecular formula is C11H14O. The van der Waals surface area contributed by atoms with Crippen molar-refractivity contribution in [3.8, 4) is 0 Å². The Labute approximate surface area is 73.7 Å². The maximum absolute atomic E-state index is 4.87. The van der Waals surface area contributed by atoms with Crippen LogP contribution in [0.25, 0.3) is 0 Å². The summed E-state index contributed by atoms with van der Waals surface area (Å²) in [4.78, 5) is 0. The summed E-state index contributed by atoms with van der Waals surface area (Å²) >= 11 is 0. The van der Waals surface area contributed by atoms with Crippen LogP contribution >= 0.6 is 0 Å². The molecule has 0 unspecified atom stereocenters. The average molecular weight is 162 g/mol. The van der Waals surface area contributed by atoms with Gasteiger partial charge in [0.15, 0.2) is 0 Å². The molecule has 1 heteroatoms. The summed E-state index contributed by atoms with van der Waals surface area (Å²) in [6, 6.07) is 0. The van der Waals surface area contributed by atoms with E-state index in [1.54, 1.807) is 7.11 Å². The molecule has 0 N–H and O–H groups in total. The standard InChI is InChI=1S/C11H14O/c1-12-10-6-2-3-7-11-8-4-5-9-11/h2-9,11H,10H2,1H3/b6-2+,7-3+. The number of methoxy groups -OCH3 is 1. The lowest BCUT2D eigenvalue weighted by Gasteiger charge is -1.91. The number of rotatable bonds is 4. The van der Waals surface area contributed by atoms with Crippen molar-refractivity contribution in [2.45, 2.75) is 0 Å². The van der Waals surface area contributed by atoms with E-state index in [-0.39, 0.29) is 0 Å². The molecule has 0 saturated carbocycles. The van der Waals surface area contributed by atoms with Gasteiger partial charge in [0.1, 0.15) is 0 Å². The van der Waals surface area contributed by atoms with E-state index in [2.05, 4.69) is 30.4 Å². The third-order valence-corrected chi connectivity index (χ3v) is 1.62. The second-order valence-corrected chi connectivity index (χ2v) is 2.62. The van der Waals surface area contributed by atoms with Gasteiger partial charge in [0.2, 0.25) is 0 Å². The second kappa shape index (κ2) is 5.56. The van der Waals surface area contributed by atoms with Crippen LogP contribution in [-0.2, 0) is 4.74 Å². The van der Waals surface area contributed by atoms with E-state index < -0.39 is 0 Å². The maximum Gasteiger partial charge on any atom is 0.0646 e. The van der Waals surface area contributed by atoms with Gasteiger partial charge in [-0.2, -0.15) is 0 Å². The van der Waals surface area contributed by atoms with E-state index >= 15 is 0 Å². The van der Waals surface area contributed by atoms with E-state index in [1.165, 1.54) is 0 Å². The fourth-order valence-electron chi connectivity index (χ4n) is 1.00. The molecule has 1 rings (SSSR count). The molecule has 0 aromatic carbocycles. The van der Waals surface area contributed by atoms with Gasteiger partial charge in [-0.3, -0.25) is 0 Å². The number of hydrogen-bond acceptors (Lipinski definition) is 1. The normalized spacial score (nSPS) is 17.4. The molecule has 12 heavy (non-hydrogen) atoms. The van der Waals surface area contributed by atoms with Gasteiger partial charge in [0, 0.05) is 13.0 Å². The fraction of sp³-hybridized carbons (Fsp3) is 0.273. The fourth-order valence-corrected chi connectivity index (χ4v) is 1.00. The van der Waals surface area contributed by atoms with Gasteiger partial charge in [-0.05, 0) is 0 Å². The van der Waals surface area contributed by atoms with Crippen molar-refractivity contribution in [3.05, 3.63) is 48.6 Å². The summed E-state index contributed by atoms with van der Waals surface area (Å²) in [5.74, 6) is 0.484. The molecule has 0 spiro atoms. The molecule has 0 amide bonds. The molecule has 0 aliphatic heterocycles. The molecule has 0 bridgehead atoms. The Morgan fingerprint density at radius 2 is 2.00 bits per heavy atom. The summed E-state index contributed by atoms with van der Waals surface area (Å²) in [6.45, 7) is 0.681. The first kappa shape index (κ1) is 9.01. The lowest BCUT2D eigenvalue weighted by Crippen LogP contribution is -1.80. The lowest BCUT2D eigenvalue weighted by atomic mass is 10.1. The molecule has 0 fully saturated rings. The highest BCUT2D eigenvalue weighted by atomic mass is 16.5. The largest absolute Gasteiger partial charge is 0.381 e. The maximum atomic E-state index is 4.87. The predicted octanol–water partition coefficient (Wildman–Crippen LogP) is 2.49. The minimum Gasteiger partial charge on any atom is -0.381 e. The van der Waals surface area contributed by atoms with E-state index in [1.807, 2.05) is 18.2 Å². The van der Waals surface area contributed by atoms with Crippen molar-refractivity contribution in [1.82, 2.24) is 0 Å². The molecule has 0 saturated heterocycles. The Balaban J connectivity index is 2.21. The van der Waals surface area contributed by atoms with Crippen LogP contribution < -0.4 is 0 Å². The van der Waals surface area contributed by atoms with Gasteiger partial charge in [0.05, 0.1) is 6.61 Å². The third kappa shape index (κ3) is 3.35. The Kier molecular flexibility index (Phi) is 4.17. The summed E-state index contributed by atoms with van der Waals surface area (Å²) in [6.07, 6.45) is 16.6. The zero-order valence-corrected chi connectivity index (χ0v) is 7.31. The molecule has 0 heterocycles. The second-order valence-electron chi connectivity index (χ2n) is 2.62. The van der Waals surface area contributed by atoms with Crippen molar-refractivity contribution in [2.75, 3.05) is 13.7 Å². The van der Waals surface area contributed by atoms with Crippen LogP contribution in [-0.4, -0.2) is 13.7 Å². The molecule has 0 radical (unpaired) electrons. The molecule has 1 aliphatic rings. The van der Waals surface area contributed by atoms with Gasteiger partial charge in [-0.1, -0.05) is 48.6 Å². The van der Waals surface area contributed by atoms with Gasteiger partial charge in [-0.15, -0.1) is 0 Å². The highest BCUT2D eigenvalue weighted by molar-refractivity contribution is 5.24. The average Bonchev–Trinajstić information content (AvgIpc) is 2.57. The lowest BCUT2D eigenvalue weighted by molar-refractivity contribution is 0.234. The monoisotopic (exact) mass is 162 g/mol. The van der Waals surface area contributed by atoms with Crippen molar-refractivity contribution >= 4 is 0 Å². The molecule has 1 nitrogen and oxygen atoms in total. The van der Waals surface area contributed by atoms with Crippen LogP contribution in [0.2, 0.25) is 0 Å². The molecule has 0 aromatic rings. The first-order chi connectivity index (χ1) is 5.93. The quantitative estimate of drug-likeness (QED) is 0.577. The van der Waals surface area contributed by atoms with Gasteiger partial charge >= 0.3 is 0 Å². The van der Waals surface area contributed by atoms with Gasteiger partial charge in [0.25, 0.3) is 0 Å². The van der Waals surface area contributed by atoms with Crippen molar-refractivity contribution in [3.63, 3.8) is 0 Å². The van der Waals surface area contributed by atoms with E-state index in [4.69, 9.17) is 4.74 Å². The molecule has 0 atom stereocenters. The summed E-state index contributed by atoms with van der Waals surface area (Å²) in [7, 11) is 1.69. The van der Waals surface area contributed by atoms with Crippen molar-refractivity contribution < 1.29 is 4.74 Å². The van der Waals surface area contributed by atoms with Crippen LogP contribution in [0.5, 0.6) is 0 Å². The van der Waals surface area contributed by atoms with E-state index in [0.29, 0.717) is 12.5 Å². The zero-order chi connectivity index (χ0) is 8.65. The molecule has 1 aliphatic carbocycles. The van der Waals surface area contributed by atoms with Crippen molar-refractivity contribution in [2.24, 2.45) is 5.92 Å². The number of ether oxygens (including phenoxy) is 1. The highest BCUT2D eigenvalue weighted by Crippen LogP contribution is 2.09. The van der Waals surface area contributed by atoms with Crippen molar-refractivity contribution in [1.29, 1.82) is 0 Å². The van der Waals surface area contributed by atoms with Crippen LogP contribution in [0.1, 0.15) is 0 Å². The van der Waals surface area contributed by atoms with Crippen LogP contribution in [0.15, 0.2) is 48.6 Å². The highest BCUT2D eigenvalue weighted by Gasteiger charge is 1.94. The summed E-state index contributed by atoms with van der Waals surface area (Å²) < 4.78 is 4.87. The first-order valence-electron chi connectivity index (χ1n) is 4.11.